The predicted octanol–water partition coefficient (Wildman–Crippen LogP) is 2.81. The highest BCUT2D eigenvalue weighted by molar-refractivity contribution is 5.87. The maximum Gasteiger partial charge on any atom is 0.138 e. The van der Waals surface area contributed by atoms with Gasteiger partial charge in [0, 0.05) is 12.3 Å². The van der Waals surface area contributed by atoms with E-state index in [9.17, 15) is 4.39 Å². The van der Waals surface area contributed by atoms with Gasteiger partial charge in [-0.15, -0.1) is 6.58 Å². The molecule has 1 saturated heterocycles. The Morgan fingerprint density at radius 3 is 2.82 bits per heavy atom. The van der Waals surface area contributed by atoms with Gasteiger partial charge in [0.25, 0.3) is 0 Å². The van der Waals surface area contributed by atoms with Gasteiger partial charge in [-0.25, -0.2) is 4.39 Å². The van der Waals surface area contributed by atoms with Gasteiger partial charge < -0.3 is 10.2 Å². The average Bonchev–Trinajstić information content (AvgIpc) is 2.34. The summed E-state index contributed by atoms with van der Waals surface area (Å²) in [7, 11) is 0. The van der Waals surface area contributed by atoms with E-state index in [4.69, 9.17) is 4.84 Å². The molecule has 0 aliphatic carbocycles. The molecule has 0 aromatic carbocycles. The summed E-state index contributed by atoms with van der Waals surface area (Å²) in [4.78, 5) is 5.12. The van der Waals surface area contributed by atoms with Crippen LogP contribution in [0.2, 0.25) is 0 Å². The molecule has 0 spiro atoms. The summed E-state index contributed by atoms with van der Waals surface area (Å²) in [6.07, 6.45) is 6.10. The maximum atomic E-state index is 12.4. The maximum absolute atomic E-state index is 12.4. The quantitative estimate of drug-likeness (QED) is 0.335. The second-order valence-corrected chi connectivity index (χ2v) is 4.19. The molecule has 0 atom stereocenters. The number of oxime groups is 1. The molecule has 3 nitrogen and oxygen atoms in total. The molecule has 1 rings (SSSR count). The molecule has 0 amide bonds. The van der Waals surface area contributed by atoms with Crippen molar-refractivity contribution in [2.75, 3.05) is 19.7 Å². The highest BCUT2D eigenvalue weighted by atomic mass is 19.1. The minimum atomic E-state index is -0.243. The zero-order valence-electron chi connectivity index (χ0n) is 10.4. The molecule has 1 aliphatic rings. The van der Waals surface area contributed by atoms with Crippen molar-refractivity contribution in [2.45, 2.75) is 26.2 Å². The van der Waals surface area contributed by atoms with E-state index in [-0.39, 0.29) is 12.4 Å². The number of halogens is 1. The highest BCUT2D eigenvalue weighted by Gasteiger charge is 2.18. The van der Waals surface area contributed by atoms with Crippen LogP contribution in [0.3, 0.4) is 0 Å². The molecular weight excluding hydrogens is 219 g/mol. The van der Waals surface area contributed by atoms with E-state index in [0.29, 0.717) is 5.92 Å². The molecule has 96 valence electrons. The third kappa shape index (κ3) is 5.63. The zero-order valence-corrected chi connectivity index (χ0v) is 10.4. The third-order valence-corrected chi connectivity index (χ3v) is 2.78. The molecular formula is C13H21FN2O. The molecule has 0 unspecified atom stereocenters. The van der Waals surface area contributed by atoms with E-state index in [1.54, 1.807) is 0 Å². The molecule has 0 radical (unpaired) electrons. The van der Waals surface area contributed by atoms with Gasteiger partial charge in [0.1, 0.15) is 6.61 Å². The fourth-order valence-corrected chi connectivity index (χ4v) is 1.85. The first kappa shape index (κ1) is 13.9. The van der Waals surface area contributed by atoms with E-state index in [1.807, 2.05) is 6.08 Å². The van der Waals surface area contributed by atoms with Crippen LogP contribution >= 0.6 is 0 Å². The number of allylic oxidation sites excluding steroid dienone is 2. The van der Waals surface area contributed by atoms with Gasteiger partial charge in [-0.3, -0.25) is 0 Å². The van der Waals surface area contributed by atoms with Crippen LogP contribution in [0.4, 0.5) is 4.39 Å². The summed E-state index contributed by atoms with van der Waals surface area (Å²) in [6.45, 7) is 7.35. The Hall–Kier alpha value is -1.16. The fraction of sp³-hybridized carbons (Fsp3) is 0.615. The van der Waals surface area contributed by atoms with Crippen molar-refractivity contribution >= 4 is 5.71 Å². The Morgan fingerprint density at radius 2 is 2.24 bits per heavy atom. The summed E-state index contributed by atoms with van der Waals surface area (Å²) < 4.78 is 12.4. The van der Waals surface area contributed by atoms with Crippen molar-refractivity contribution in [2.24, 2.45) is 11.1 Å². The van der Waals surface area contributed by atoms with Crippen LogP contribution in [-0.2, 0) is 4.84 Å². The lowest BCUT2D eigenvalue weighted by Crippen LogP contribution is -2.31. The standard InChI is InChI=1S/C13H21FN2O/c1-3-4-13(12-5-8-15-9-6-12)16-17-10-7-11(2)14/h3,7,12,15H,1,4-6,8-10H2,2H3/b11-7+,16-13+. The predicted molar refractivity (Wildman–Crippen MR) is 68.7 cm³/mol. The SMILES string of the molecule is C=CC/C(=N\OC/C=C(\C)F)C1CCNCC1. The molecule has 0 aromatic rings. The highest BCUT2D eigenvalue weighted by Crippen LogP contribution is 2.16. The van der Waals surface area contributed by atoms with E-state index in [1.165, 1.54) is 13.0 Å². The monoisotopic (exact) mass is 240 g/mol. The lowest BCUT2D eigenvalue weighted by Gasteiger charge is -2.23. The van der Waals surface area contributed by atoms with Gasteiger partial charge in [-0.1, -0.05) is 11.2 Å². The second kappa shape index (κ2) is 8.01. The summed E-state index contributed by atoms with van der Waals surface area (Å²) in [5, 5.41) is 7.43. The molecule has 1 aliphatic heterocycles. The summed E-state index contributed by atoms with van der Waals surface area (Å²) in [5.74, 6) is 0.219. The molecule has 0 aromatic heterocycles. The summed E-state index contributed by atoms with van der Waals surface area (Å²) >= 11 is 0. The zero-order chi connectivity index (χ0) is 12.5. The molecule has 1 heterocycles. The van der Waals surface area contributed by atoms with Crippen LogP contribution in [0, 0.1) is 5.92 Å². The number of nitrogens with zero attached hydrogens (tertiary/aromatic N) is 1. The van der Waals surface area contributed by atoms with Crippen LogP contribution in [0.5, 0.6) is 0 Å². The minimum Gasteiger partial charge on any atom is -0.391 e. The van der Waals surface area contributed by atoms with Gasteiger partial charge in [0.2, 0.25) is 0 Å². The van der Waals surface area contributed by atoms with E-state index >= 15 is 0 Å². The summed E-state index contributed by atoms with van der Waals surface area (Å²) in [5.41, 5.74) is 1.02. The van der Waals surface area contributed by atoms with Crippen molar-refractivity contribution in [3.05, 3.63) is 24.6 Å². The minimum absolute atomic E-state index is 0.188. The van der Waals surface area contributed by atoms with Gasteiger partial charge in [-0.05, 0) is 38.9 Å². The third-order valence-electron chi connectivity index (χ3n) is 2.78. The normalized spacial score (nSPS) is 19.2. The summed E-state index contributed by atoms with van der Waals surface area (Å²) in [6, 6.07) is 0. The Kier molecular flexibility index (Phi) is 6.55. The van der Waals surface area contributed by atoms with Crippen molar-refractivity contribution in [1.29, 1.82) is 0 Å². The van der Waals surface area contributed by atoms with Crippen LogP contribution in [-0.4, -0.2) is 25.4 Å². The number of hydrogen-bond donors (Lipinski definition) is 1. The topological polar surface area (TPSA) is 33.6 Å². The molecule has 0 bridgehead atoms. The Balaban J connectivity index is 2.47. The first-order valence-electron chi connectivity index (χ1n) is 6.06. The van der Waals surface area contributed by atoms with E-state index in [2.05, 4.69) is 17.1 Å². The second-order valence-electron chi connectivity index (χ2n) is 4.19. The molecule has 4 heteroatoms. The van der Waals surface area contributed by atoms with Crippen LogP contribution < -0.4 is 5.32 Å². The molecule has 1 fully saturated rings. The smallest absolute Gasteiger partial charge is 0.138 e. The van der Waals surface area contributed by atoms with Crippen LogP contribution in [0.15, 0.2) is 29.7 Å². The van der Waals surface area contributed by atoms with Gasteiger partial charge >= 0.3 is 0 Å². The number of nitrogens with one attached hydrogen (secondary N) is 1. The van der Waals surface area contributed by atoms with Crippen LogP contribution in [0.1, 0.15) is 26.2 Å². The largest absolute Gasteiger partial charge is 0.391 e. The average molecular weight is 240 g/mol. The number of piperidine rings is 1. The van der Waals surface area contributed by atoms with E-state index in [0.717, 1.165) is 38.1 Å². The first-order valence-corrected chi connectivity index (χ1v) is 6.06. The fourth-order valence-electron chi connectivity index (χ4n) is 1.85. The molecule has 17 heavy (non-hydrogen) atoms. The Morgan fingerprint density at radius 1 is 1.53 bits per heavy atom. The molecule has 0 saturated carbocycles. The van der Waals surface area contributed by atoms with Crippen molar-refractivity contribution in [3.63, 3.8) is 0 Å². The van der Waals surface area contributed by atoms with Crippen LogP contribution in [0.25, 0.3) is 0 Å². The lowest BCUT2D eigenvalue weighted by molar-refractivity contribution is 0.170. The van der Waals surface area contributed by atoms with Gasteiger partial charge in [0.05, 0.1) is 11.5 Å². The number of hydrogen-bond acceptors (Lipinski definition) is 3. The van der Waals surface area contributed by atoms with Crippen molar-refractivity contribution in [1.82, 2.24) is 5.32 Å². The Bertz CT molecular complexity index is 290. The van der Waals surface area contributed by atoms with Gasteiger partial charge in [0.15, 0.2) is 0 Å². The molecule has 1 N–H and O–H groups in total. The first-order chi connectivity index (χ1) is 8.24. The van der Waals surface area contributed by atoms with E-state index < -0.39 is 0 Å². The number of rotatable bonds is 6. The lowest BCUT2D eigenvalue weighted by atomic mass is 9.91. The Labute approximate surface area is 102 Å². The van der Waals surface area contributed by atoms with Crippen molar-refractivity contribution in [3.8, 4) is 0 Å². The van der Waals surface area contributed by atoms with Gasteiger partial charge in [-0.2, -0.15) is 0 Å². The van der Waals surface area contributed by atoms with Crippen molar-refractivity contribution < 1.29 is 9.23 Å².